The summed E-state index contributed by atoms with van der Waals surface area (Å²) in [5, 5.41) is 13.2. The molecule has 0 amide bonds. The fourth-order valence-electron chi connectivity index (χ4n) is 1.78. The van der Waals surface area contributed by atoms with Crippen molar-refractivity contribution in [2.24, 2.45) is 13.0 Å². The number of ether oxygens (including phenoxy) is 1. The summed E-state index contributed by atoms with van der Waals surface area (Å²) in [6.45, 7) is 0.935. The summed E-state index contributed by atoms with van der Waals surface area (Å²) in [4.78, 5) is 0. The first kappa shape index (κ1) is 8.72. The summed E-state index contributed by atoms with van der Waals surface area (Å²) in [7, 11) is 1.88. The Kier molecular flexibility index (Phi) is 2.33. The van der Waals surface area contributed by atoms with Crippen molar-refractivity contribution in [1.82, 2.24) is 9.78 Å². The molecule has 1 aliphatic rings. The van der Waals surface area contributed by atoms with Crippen LogP contribution in [0.1, 0.15) is 18.1 Å². The van der Waals surface area contributed by atoms with Gasteiger partial charge in [0.05, 0.1) is 12.3 Å². The van der Waals surface area contributed by atoms with Gasteiger partial charge in [-0.2, -0.15) is 5.10 Å². The molecule has 1 saturated heterocycles. The molecule has 72 valence electrons. The predicted octanol–water partition coefficient (Wildman–Crippen LogP) is 0.490. The monoisotopic (exact) mass is 182 g/mol. The van der Waals surface area contributed by atoms with E-state index in [-0.39, 0.29) is 18.6 Å². The largest absolute Gasteiger partial charge is 0.396 e. The molecular weight excluding hydrogens is 168 g/mol. The van der Waals surface area contributed by atoms with Gasteiger partial charge in [0.15, 0.2) is 0 Å². The number of aliphatic hydroxyl groups is 1. The third kappa shape index (κ3) is 1.59. The summed E-state index contributed by atoms with van der Waals surface area (Å²) < 4.78 is 7.30. The van der Waals surface area contributed by atoms with Crippen molar-refractivity contribution in [3.8, 4) is 0 Å². The molecule has 2 heterocycles. The van der Waals surface area contributed by atoms with E-state index in [1.165, 1.54) is 0 Å². The third-order valence-electron chi connectivity index (χ3n) is 2.50. The Morgan fingerprint density at radius 1 is 1.77 bits per heavy atom. The van der Waals surface area contributed by atoms with E-state index in [9.17, 15) is 0 Å². The zero-order chi connectivity index (χ0) is 9.26. The Hall–Kier alpha value is -0.870. The van der Waals surface area contributed by atoms with Gasteiger partial charge in [-0.15, -0.1) is 0 Å². The SMILES string of the molecule is Cn1cc(C2OCCC2CO)cn1. The molecule has 0 radical (unpaired) electrons. The maximum Gasteiger partial charge on any atom is 0.0906 e. The topological polar surface area (TPSA) is 47.3 Å². The Morgan fingerprint density at radius 3 is 3.23 bits per heavy atom. The van der Waals surface area contributed by atoms with Crippen molar-refractivity contribution in [2.45, 2.75) is 12.5 Å². The molecule has 0 spiro atoms. The van der Waals surface area contributed by atoms with Crippen LogP contribution in [0.2, 0.25) is 0 Å². The minimum absolute atomic E-state index is 0.0405. The maximum atomic E-state index is 9.10. The minimum Gasteiger partial charge on any atom is -0.396 e. The zero-order valence-electron chi connectivity index (χ0n) is 7.68. The molecule has 4 heteroatoms. The quantitative estimate of drug-likeness (QED) is 0.724. The van der Waals surface area contributed by atoms with Crippen LogP contribution in [0.4, 0.5) is 0 Å². The number of aromatic nitrogens is 2. The number of rotatable bonds is 2. The van der Waals surface area contributed by atoms with E-state index in [1.807, 2.05) is 13.2 Å². The van der Waals surface area contributed by atoms with E-state index in [4.69, 9.17) is 9.84 Å². The van der Waals surface area contributed by atoms with Crippen molar-refractivity contribution < 1.29 is 9.84 Å². The summed E-state index contributed by atoms with van der Waals surface area (Å²) in [6.07, 6.45) is 4.73. The average Bonchev–Trinajstić information content (AvgIpc) is 2.71. The fourth-order valence-corrected chi connectivity index (χ4v) is 1.78. The lowest BCUT2D eigenvalue weighted by Gasteiger charge is -2.13. The number of aryl methyl sites for hydroxylation is 1. The first-order valence-corrected chi connectivity index (χ1v) is 4.52. The summed E-state index contributed by atoms with van der Waals surface area (Å²) in [5.74, 6) is 0.240. The van der Waals surface area contributed by atoms with Gasteiger partial charge in [-0.25, -0.2) is 0 Å². The predicted molar refractivity (Wildman–Crippen MR) is 47.1 cm³/mol. The highest BCUT2D eigenvalue weighted by atomic mass is 16.5. The first-order chi connectivity index (χ1) is 6.31. The van der Waals surface area contributed by atoms with Crippen LogP contribution in [0, 0.1) is 5.92 Å². The van der Waals surface area contributed by atoms with Crippen LogP contribution in [0.25, 0.3) is 0 Å². The lowest BCUT2D eigenvalue weighted by atomic mass is 9.99. The molecule has 2 rings (SSSR count). The highest BCUT2D eigenvalue weighted by Gasteiger charge is 2.29. The second-order valence-electron chi connectivity index (χ2n) is 3.47. The molecule has 1 aromatic heterocycles. The van der Waals surface area contributed by atoms with Gasteiger partial charge in [-0.3, -0.25) is 4.68 Å². The van der Waals surface area contributed by atoms with Crippen molar-refractivity contribution in [3.05, 3.63) is 18.0 Å². The van der Waals surface area contributed by atoms with Crippen LogP contribution < -0.4 is 0 Å². The van der Waals surface area contributed by atoms with E-state index >= 15 is 0 Å². The molecule has 1 fully saturated rings. The van der Waals surface area contributed by atoms with E-state index in [1.54, 1.807) is 10.9 Å². The fraction of sp³-hybridized carbons (Fsp3) is 0.667. The van der Waals surface area contributed by atoms with E-state index < -0.39 is 0 Å². The van der Waals surface area contributed by atoms with Crippen LogP contribution in [0.15, 0.2) is 12.4 Å². The normalized spacial score (nSPS) is 28.2. The third-order valence-corrected chi connectivity index (χ3v) is 2.50. The minimum atomic E-state index is 0.0405. The van der Waals surface area contributed by atoms with Crippen LogP contribution in [0.3, 0.4) is 0 Å². The molecule has 2 atom stereocenters. The van der Waals surface area contributed by atoms with Crippen molar-refractivity contribution >= 4 is 0 Å². The van der Waals surface area contributed by atoms with Gasteiger partial charge >= 0.3 is 0 Å². The highest BCUT2D eigenvalue weighted by Crippen LogP contribution is 2.33. The summed E-state index contributed by atoms with van der Waals surface area (Å²) in [6, 6.07) is 0. The Morgan fingerprint density at radius 2 is 2.62 bits per heavy atom. The molecule has 2 unspecified atom stereocenters. The smallest absolute Gasteiger partial charge is 0.0906 e. The van der Waals surface area contributed by atoms with Crippen molar-refractivity contribution in [1.29, 1.82) is 0 Å². The van der Waals surface area contributed by atoms with Crippen LogP contribution in [0.5, 0.6) is 0 Å². The van der Waals surface area contributed by atoms with Gasteiger partial charge in [0.1, 0.15) is 0 Å². The number of hydrogen-bond donors (Lipinski definition) is 1. The molecule has 1 aliphatic heterocycles. The molecule has 4 nitrogen and oxygen atoms in total. The highest BCUT2D eigenvalue weighted by molar-refractivity contribution is 5.10. The first-order valence-electron chi connectivity index (χ1n) is 4.52. The van der Waals surface area contributed by atoms with Crippen molar-refractivity contribution in [2.75, 3.05) is 13.2 Å². The van der Waals surface area contributed by atoms with Crippen LogP contribution in [-0.4, -0.2) is 28.1 Å². The van der Waals surface area contributed by atoms with E-state index in [2.05, 4.69) is 5.10 Å². The van der Waals surface area contributed by atoms with Gasteiger partial charge in [0, 0.05) is 37.9 Å². The van der Waals surface area contributed by atoms with E-state index in [0.717, 1.165) is 18.6 Å². The molecule has 0 aromatic carbocycles. The molecule has 1 N–H and O–H groups in total. The second kappa shape index (κ2) is 3.47. The van der Waals surface area contributed by atoms with Crippen LogP contribution in [-0.2, 0) is 11.8 Å². The lowest BCUT2D eigenvalue weighted by molar-refractivity contribution is 0.0720. The summed E-state index contributed by atoms with van der Waals surface area (Å²) >= 11 is 0. The standard InChI is InChI=1S/C9H14N2O2/c1-11-5-8(4-10-11)9-7(6-12)2-3-13-9/h4-5,7,9,12H,2-3,6H2,1H3. The average molecular weight is 182 g/mol. The second-order valence-corrected chi connectivity index (χ2v) is 3.47. The van der Waals surface area contributed by atoms with E-state index in [0.29, 0.717) is 0 Å². The molecule has 0 bridgehead atoms. The molecule has 0 saturated carbocycles. The molecular formula is C9H14N2O2. The molecule has 1 aromatic rings. The Bertz CT molecular complexity index is 285. The molecule has 13 heavy (non-hydrogen) atoms. The van der Waals surface area contributed by atoms with Crippen molar-refractivity contribution in [3.63, 3.8) is 0 Å². The molecule has 0 aliphatic carbocycles. The van der Waals surface area contributed by atoms with Gasteiger partial charge in [0.2, 0.25) is 0 Å². The van der Waals surface area contributed by atoms with Gasteiger partial charge < -0.3 is 9.84 Å². The number of nitrogens with zero attached hydrogens (tertiary/aromatic N) is 2. The Labute approximate surface area is 77.1 Å². The maximum absolute atomic E-state index is 9.10. The zero-order valence-corrected chi connectivity index (χ0v) is 7.68. The number of hydrogen-bond acceptors (Lipinski definition) is 3. The van der Waals surface area contributed by atoms with Gasteiger partial charge in [-0.05, 0) is 6.42 Å². The Balaban J connectivity index is 2.15. The summed E-state index contributed by atoms with van der Waals surface area (Å²) in [5.41, 5.74) is 1.07. The number of aliphatic hydroxyl groups excluding tert-OH is 1. The van der Waals surface area contributed by atoms with Gasteiger partial charge in [-0.1, -0.05) is 0 Å². The van der Waals surface area contributed by atoms with Gasteiger partial charge in [0.25, 0.3) is 0 Å². The lowest BCUT2D eigenvalue weighted by Crippen LogP contribution is -2.10. The van der Waals surface area contributed by atoms with Crippen LogP contribution >= 0.6 is 0 Å².